The number of halogens is 1. The molecule has 0 spiro atoms. The lowest BCUT2D eigenvalue weighted by Gasteiger charge is -2.21. The standard InChI is InChI=1S/C18H23N3O3S.ClH/c1-12-8-9-15(11-16(12)25(23,24)21-18(2,3)4)20-17(22)13-6-5-7-14(19)10-13;/h5-11,21H,19H2,1-4H3,(H,20,22);1H. The van der Waals surface area contributed by atoms with Gasteiger partial charge in [0.25, 0.3) is 5.91 Å². The predicted octanol–water partition coefficient (Wildman–Crippen LogP) is 3.33. The highest BCUT2D eigenvalue weighted by Crippen LogP contribution is 2.22. The number of carbonyl (C=O) groups is 1. The lowest BCUT2D eigenvalue weighted by molar-refractivity contribution is 0.102. The van der Waals surface area contributed by atoms with Crippen LogP contribution in [0, 0.1) is 6.92 Å². The van der Waals surface area contributed by atoms with Gasteiger partial charge in [0.05, 0.1) is 4.90 Å². The highest BCUT2D eigenvalue weighted by atomic mass is 35.5. The smallest absolute Gasteiger partial charge is 0.255 e. The Morgan fingerprint density at radius 1 is 1.08 bits per heavy atom. The number of anilines is 2. The molecule has 0 saturated heterocycles. The van der Waals surface area contributed by atoms with Crippen molar-refractivity contribution in [3.8, 4) is 0 Å². The lowest BCUT2D eigenvalue weighted by atomic mass is 10.1. The summed E-state index contributed by atoms with van der Waals surface area (Å²) in [4.78, 5) is 12.4. The van der Waals surface area contributed by atoms with Crippen LogP contribution in [0.25, 0.3) is 0 Å². The van der Waals surface area contributed by atoms with Crippen LogP contribution in [0.4, 0.5) is 11.4 Å². The van der Waals surface area contributed by atoms with E-state index < -0.39 is 15.6 Å². The van der Waals surface area contributed by atoms with Gasteiger partial charge < -0.3 is 11.1 Å². The average Bonchev–Trinajstić information content (AvgIpc) is 2.46. The number of nitrogen functional groups attached to an aromatic ring is 1. The molecule has 0 aliphatic heterocycles. The molecule has 4 N–H and O–H groups in total. The first-order valence-electron chi connectivity index (χ1n) is 7.79. The molecule has 0 aliphatic carbocycles. The van der Waals surface area contributed by atoms with Gasteiger partial charge in [0.2, 0.25) is 10.0 Å². The molecule has 1 amide bonds. The van der Waals surface area contributed by atoms with Crippen LogP contribution in [0.2, 0.25) is 0 Å². The number of nitrogens with two attached hydrogens (primary N) is 1. The summed E-state index contributed by atoms with van der Waals surface area (Å²) >= 11 is 0. The first-order chi connectivity index (χ1) is 11.5. The predicted molar refractivity (Wildman–Crippen MR) is 107 cm³/mol. The Bertz CT molecular complexity index is 906. The highest BCUT2D eigenvalue weighted by Gasteiger charge is 2.24. The fraction of sp³-hybridized carbons (Fsp3) is 0.278. The largest absolute Gasteiger partial charge is 0.399 e. The van der Waals surface area contributed by atoms with E-state index >= 15 is 0 Å². The molecule has 0 aliphatic rings. The monoisotopic (exact) mass is 397 g/mol. The van der Waals surface area contributed by atoms with Crippen LogP contribution >= 0.6 is 12.4 Å². The van der Waals surface area contributed by atoms with Crippen LogP contribution in [0.15, 0.2) is 47.4 Å². The summed E-state index contributed by atoms with van der Waals surface area (Å²) in [5, 5.41) is 2.70. The molecule has 0 atom stereocenters. The highest BCUT2D eigenvalue weighted by molar-refractivity contribution is 7.89. The molecular formula is C18H24ClN3O3S. The second kappa shape index (κ2) is 8.07. The van der Waals surface area contributed by atoms with Crippen molar-refractivity contribution < 1.29 is 13.2 Å². The topological polar surface area (TPSA) is 101 Å². The van der Waals surface area contributed by atoms with Crippen molar-refractivity contribution >= 4 is 39.7 Å². The van der Waals surface area contributed by atoms with E-state index in [1.54, 1.807) is 64.1 Å². The fourth-order valence-corrected chi connectivity index (χ4v) is 4.00. The van der Waals surface area contributed by atoms with E-state index in [1.165, 1.54) is 6.07 Å². The van der Waals surface area contributed by atoms with Gasteiger partial charge >= 0.3 is 0 Å². The maximum Gasteiger partial charge on any atom is 0.255 e. The Labute approximate surface area is 160 Å². The Kier molecular flexibility index (Phi) is 6.82. The van der Waals surface area contributed by atoms with Gasteiger partial charge in [-0.15, -0.1) is 12.4 Å². The van der Waals surface area contributed by atoms with Crippen LogP contribution < -0.4 is 15.8 Å². The van der Waals surface area contributed by atoms with Crippen molar-refractivity contribution in [2.24, 2.45) is 0 Å². The van der Waals surface area contributed by atoms with Crippen LogP contribution in [0.5, 0.6) is 0 Å². The summed E-state index contributed by atoms with van der Waals surface area (Å²) in [5.41, 5.74) is 6.95. The second-order valence-corrected chi connectivity index (χ2v) is 8.57. The minimum absolute atomic E-state index is 0. The van der Waals surface area contributed by atoms with Gasteiger partial charge in [-0.3, -0.25) is 4.79 Å². The molecule has 6 nitrogen and oxygen atoms in total. The maximum atomic E-state index is 12.6. The number of carbonyl (C=O) groups excluding carboxylic acids is 1. The number of hydrogen-bond donors (Lipinski definition) is 3. The van der Waals surface area contributed by atoms with Gasteiger partial charge in [0, 0.05) is 22.5 Å². The van der Waals surface area contributed by atoms with E-state index in [9.17, 15) is 13.2 Å². The SMILES string of the molecule is Cc1ccc(NC(=O)c2cccc(N)c2)cc1S(=O)(=O)NC(C)(C)C.Cl. The van der Waals surface area contributed by atoms with Gasteiger partial charge in [-0.1, -0.05) is 12.1 Å². The van der Waals surface area contributed by atoms with Crippen molar-refractivity contribution in [3.05, 3.63) is 53.6 Å². The first kappa shape index (κ1) is 22.0. The van der Waals surface area contributed by atoms with Gasteiger partial charge in [-0.05, 0) is 63.6 Å². The molecule has 2 aromatic carbocycles. The second-order valence-electron chi connectivity index (χ2n) is 6.92. The molecule has 26 heavy (non-hydrogen) atoms. The third-order valence-corrected chi connectivity index (χ3v) is 5.22. The van der Waals surface area contributed by atoms with E-state index in [1.807, 2.05) is 0 Å². The molecule has 2 aromatic rings. The number of amides is 1. The van der Waals surface area contributed by atoms with Gasteiger partial charge in [-0.2, -0.15) is 0 Å². The molecular weight excluding hydrogens is 374 g/mol. The summed E-state index contributed by atoms with van der Waals surface area (Å²) in [6, 6.07) is 11.3. The zero-order valence-electron chi connectivity index (χ0n) is 15.2. The van der Waals surface area contributed by atoms with E-state index in [4.69, 9.17) is 5.73 Å². The molecule has 0 heterocycles. The zero-order valence-corrected chi connectivity index (χ0v) is 16.8. The van der Waals surface area contributed by atoms with Crippen molar-refractivity contribution in [3.63, 3.8) is 0 Å². The number of rotatable bonds is 4. The van der Waals surface area contributed by atoms with Gasteiger partial charge in [-0.25, -0.2) is 13.1 Å². The molecule has 2 rings (SSSR count). The van der Waals surface area contributed by atoms with Crippen LogP contribution in [0.3, 0.4) is 0 Å². The van der Waals surface area contributed by atoms with Gasteiger partial charge in [0.1, 0.15) is 0 Å². The van der Waals surface area contributed by atoms with E-state index in [-0.39, 0.29) is 23.2 Å². The molecule has 0 unspecified atom stereocenters. The van der Waals surface area contributed by atoms with Crippen molar-refractivity contribution in [1.29, 1.82) is 0 Å². The molecule has 0 aromatic heterocycles. The fourth-order valence-electron chi connectivity index (χ4n) is 2.31. The Hall–Kier alpha value is -2.09. The normalized spacial score (nSPS) is 11.5. The maximum absolute atomic E-state index is 12.6. The number of benzene rings is 2. The molecule has 0 saturated carbocycles. The number of nitrogens with one attached hydrogen (secondary N) is 2. The van der Waals surface area contributed by atoms with Crippen LogP contribution in [-0.2, 0) is 10.0 Å². The molecule has 142 valence electrons. The summed E-state index contributed by atoms with van der Waals surface area (Å²) in [7, 11) is -3.70. The summed E-state index contributed by atoms with van der Waals surface area (Å²) in [6.07, 6.45) is 0. The molecule has 0 bridgehead atoms. The summed E-state index contributed by atoms with van der Waals surface area (Å²) in [6.45, 7) is 7.02. The van der Waals surface area contributed by atoms with Crippen LogP contribution in [-0.4, -0.2) is 19.9 Å². The first-order valence-corrected chi connectivity index (χ1v) is 9.28. The molecule has 0 radical (unpaired) electrons. The number of sulfonamides is 1. The summed E-state index contributed by atoms with van der Waals surface area (Å²) < 4.78 is 27.8. The minimum atomic E-state index is -3.70. The van der Waals surface area contributed by atoms with E-state index in [0.29, 0.717) is 22.5 Å². The number of hydrogen-bond acceptors (Lipinski definition) is 4. The van der Waals surface area contributed by atoms with Gasteiger partial charge in [0.15, 0.2) is 0 Å². The van der Waals surface area contributed by atoms with Crippen molar-refractivity contribution in [2.45, 2.75) is 38.1 Å². The Morgan fingerprint density at radius 3 is 2.31 bits per heavy atom. The van der Waals surface area contributed by atoms with E-state index in [0.717, 1.165) is 0 Å². The van der Waals surface area contributed by atoms with Crippen LogP contribution in [0.1, 0.15) is 36.7 Å². The molecule has 0 fully saturated rings. The van der Waals surface area contributed by atoms with Crippen molar-refractivity contribution in [1.82, 2.24) is 4.72 Å². The quantitative estimate of drug-likeness (QED) is 0.688. The zero-order chi connectivity index (χ0) is 18.8. The Morgan fingerprint density at radius 2 is 1.73 bits per heavy atom. The third-order valence-electron chi connectivity index (χ3n) is 3.32. The third kappa shape index (κ3) is 5.72. The van der Waals surface area contributed by atoms with E-state index in [2.05, 4.69) is 10.0 Å². The Balaban J connectivity index is 0.00000338. The molecule has 8 heteroatoms. The average molecular weight is 398 g/mol. The van der Waals surface area contributed by atoms with Crippen molar-refractivity contribution in [2.75, 3.05) is 11.1 Å². The number of aryl methyl sites for hydroxylation is 1. The lowest BCUT2D eigenvalue weighted by Crippen LogP contribution is -2.40. The summed E-state index contributed by atoms with van der Waals surface area (Å²) in [5.74, 6) is -0.358. The minimum Gasteiger partial charge on any atom is -0.399 e.